The molecule has 1 heterocycles. The molecule has 0 radical (unpaired) electrons. The predicted octanol–water partition coefficient (Wildman–Crippen LogP) is 3.29. The fourth-order valence-corrected chi connectivity index (χ4v) is 3.80. The first-order chi connectivity index (χ1) is 10.1. The third kappa shape index (κ3) is 5.54. The van der Waals surface area contributed by atoms with Gasteiger partial charge in [-0.3, -0.25) is 4.90 Å². The lowest BCUT2D eigenvalue weighted by molar-refractivity contribution is 0.0372. The summed E-state index contributed by atoms with van der Waals surface area (Å²) in [6.07, 6.45) is 8.19. The topological polar surface area (TPSA) is 24.5 Å². The molecule has 0 amide bonds. The summed E-state index contributed by atoms with van der Waals surface area (Å²) in [5.74, 6) is 0.939. The molecule has 1 saturated carbocycles. The molecule has 2 rings (SSSR count). The van der Waals surface area contributed by atoms with E-state index in [1.165, 1.54) is 51.6 Å². The highest BCUT2D eigenvalue weighted by atomic mass is 16.5. The maximum Gasteiger partial charge on any atom is 0.0594 e. The van der Waals surface area contributed by atoms with Crippen molar-refractivity contribution >= 4 is 0 Å². The van der Waals surface area contributed by atoms with Gasteiger partial charge in [0.2, 0.25) is 0 Å². The van der Waals surface area contributed by atoms with Crippen molar-refractivity contribution in [3.63, 3.8) is 0 Å². The van der Waals surface area contributed by atoms with E-state index in [1.54, 1.807) is 0 Å². The molecule has 124 valence electrons. The van der Waals surface area contributed by atoms with Gasteiger partial charge in [-0.25, -0.2) is 0 Å². The summed E-state index contributed by atoms with van der Waals surface area (Å²) >= 11 is 0. The normalized spacial score (nSPS) is 28.7. The van der Waals surface area contributed by atoms with Gasteiger partial charge in [0.05, 0.1) is 13.2 Å². The maximum atomic E-state index is 5.39. The molecular formula is C18H36N2O. The molecule has 2 fully saturated rings. The molecule has 0 aromatic heterocycles. The fourth-order valence-electron chi connectivity index (χ4n) is 3.80. The van der Waals surface area contributed by atoms with Gasteiger partial charge in [0.25, 0.3) is 0 Å². The summed E-state index contributed by atoms with van der Waals surface area (Å²) in [6, 6.07) is 0.776. The van der Waals surface area contributed by atoms with Crippen LogP contribution in [0.25, 0.3) is 0 Å². The minimum Gasteiger partial charge on any atom is -0.379 e. The van der Waals surface area contributed by atoms with E-state index in [2.05, 4.69) is 31.0 Å². The van der Waals surface area contributed by atoms with Crippen LogP contribution in [0.3, 0.4) is 0 Å². The molecule has 1 N–H and O–H groups in total. The lowest BCUT2D eigenvalue weighted by Gasteiger charge is -2.39. The highest BCUT2D eigenvalue weighted by Crippen LogP contribution is 2.40. The van der Waals surface area contributed by atoms with Gasteiger partial charge in [-0.2, -0.15) is 0 Å². The van der Waals surface area contributed by atoms with Crippen LogP contribution in [0.4, 0.5) is 0 Å². The Bertz CT molecular complexity index is 279. The van der Waals surface area contributed by atoms with Gasteiger partial charge in [-0.05, 0) is 56.5 Å². The Morgan fingerprint density at radius 1 is 1.10 bits per heavy atom. The van der Waals surface area contributed by atoms with Crippen LogP contribution >= 0.6 is 0 Å². The average molecular weight is 296 g/mol. The fraction of sp³-hybridized carbons (Fsp3) is 1.00. The molecular weight excluding hydrogens is 260 g/mol. The smallest absolute Gasteiger partial charge is 0.0594 e. The number of rotatable bonds is 7. The Morgan fingerprint density at radius 2 is 1.76 bits per heavy atom. The third-order valence-corrected chi connectivity index (χ3v) is 5.93. The summed E-state index contributed by atoms with van der Waals surface area (Å²) in [7, 11) is 0. The van der Waals surface area contributed by atoms with Crippen LogP contribution in [0, 0.1) is 11.3 Å². The molecule has 3 nitrogen and oxygen atoms in total. The number of morpholine rings is 1. The number of ether oxygens (including phenoxy) is 1. The van der Waals surface area contributed by atoms with Crippen LogP contribution in [-0.4, -0.2) is 50.3 Å². The van der Waals surface area contributed by atoms with E-state index in [0.717, 1.165) is 38.3 Å². The monoisotopic (exact) mass is 296 g/mol. The molecule has 0 atom stereocenters. The largest absolute Gasteiger partial charge is 0.379 e. The zero-order valence-corrected chi connectivity index (χ0v) is 14.5. The maximum absolute atomic E-state index is 5.39. The molecule has 0 aromatic rings. The molecule has 0 unspecified atom stereocenters. The van der Waals surface area contributed by atoms with Crippen molar-refractivity contribution in [2.24, 2.45) is 11.3 Å². The molecule has 1 aliphatic heterocycles. The lowest BCUT2D eigenvalue weighted by atomic mass is 9.69. The minimum atomic E-state index is 0.543. The second-order valence-electron chi connectivity index (χ2n) is 7.65. The number of hydrogen-bond acceptors (Lipinski definition) is 3. The number of hydrogen-bond donors (Lipinski definition) is 1. The summed E-state index contributed by atoms with van der Waals surface area (Å²) in [4.78, 5) is 2.53. The first kappa shape index (κ1) is 17.2. The zero-order valence-electron chi connectivity index (χ0n) is 14.5. The Hall–Kier alpha value is -0.120. The van der Waals surface area contributed by atoms with Crippen LogP contribution in [0.1, 0.15) is 59.3 Å². The Morgan fingerprint density at radius 3 is 2.38 bits per heavy atom. The molecule has 1 saturated heterocycles. The quantitative estimate of drug-likeness (QED) is 0.730. The molecule has 3 heteroatoms. The Kier molecular flexibility index (Phi) is 6.97. The lowest BCUT2D eigenvalue weighted by Crippen LogP contribution is -2.40. The van der Waals surface area contributed by atoms with Gasteiger partial charge in [-0.15, -0.1) is 0 Å². The van der Waals surface area contributed by atoms with Gasteiger partial charge in [-0.1, -0.05) is 27.2 Å². The van der Waals surface area contributed by atoms with Crippen molar-refractivity contribution in [3.8, 4) is 0 Å². The first-order valence-corrected chi connectivity index (χ1v) is 9.15. The number of nitrogens with zero attached hydrogens (tertiary/aromatic N) is 1. The standard InChI is InChI=1S/C18H36N2O/c1-4-18(2,3)16-6-8-17(9-7-16)19-10-5-11-20-12-14-21-15-13-20/h16-17,19H,4-15H2,1-3H3. The summed E-state index contributed by atoms with van der Waals surface area (Å²) in [6.45, 7) is 13.7. The second kappa shape index (κ2) is 8.50. The zero-order chi connectivity index (χ0) is 15.1. The van der Waals surface area contributed by atoms with Gasteiger partial charge >= 0.3 is 0 Å². The van der Waals surface area contributed by atoms with Gasteiger partial charge in [0.1, 0.15) is 0 Å². The van der Waals surface area contributed by atoms with Gasteiger partial charge in [0.15, 0.2) is 0 Å². The van der Waals surface area contributed by atoms with Crippen LogP contribution in [0.2, 0.25) is 0 Å². The molecule has 0 aromatic carbocycles. The van der Waals surface area contributed by atoms with Crippen LogP contribution < -0.4 is 5.32 Å². The molecule has 0 spiro atoms. The third-order valence-electron chi connectivity index (χ3n) is 5.93. The highest BCUT2D eigenvalue weighted by molar-refractivity contribution is 4.84. The summed E-state index contributed by atoms with van der Waals surface area (Å²) in [5, 5.41) is 3.79. The average Bonchev–Trinajstić information content (AvgIpc) is 2.53. The highest BCUT2D eigenvalue weighted by Gasteiger charge is 2.31. The Labute approximate surface area is 131 Å². The number of nitrogens with one attached hydrogen (secondary N) is 1. The van der Waals surface area contributed by atoms with Crippen molar-refractivity contribution in [1.82, 2.24) is 10.2 Å². The van der Waals surface area contributed by atoms with E-state index in [-0.39, 0.29) is 0 Å². The van der Waals surface area contributed by atoms with Crippen LogP contribution in [-0.2, 0) is 4.74 Å². The van der Waals surface area contributed by atoms with Crippen molar-refractivity contribution in [2.75, 3.05) is 39.4 Å². The van der Waals surface area contributed by atoms with E-state index < -0.39 is 0 Å². The van der Waals surface area contributed by atoms with Gasteiger partial charge < -0.3 is 10.1 Å². The first-order valence-electron chi connectivity index (χ1n) is 9.15. The molecule has 2 aliphatic rings. The minimum absolute atomic E-state index is 0.543. The summed E-state index contributed by atoms with van der Waals surface area (Å²) < 4.78 is 5.39. The molecule has 0 bridgehead atoms. The van der Waals surface area contributed by atoms with E-state index in [9.17, 15) is 0 Å². The van der Waals surface area contributed by atoms with Crippen molar-refractivity contribution in [1.29, 1.82) is 0 Å². The SMILES string of the molecule is CCC(C)(C)C1CCC(NCCCN2CCOCC2)CC1. The van der Waals surface area contributed by atoms with Gasteiger partial charge in [0, 0.05) is 19.1 Å². The molecule has 1 aliphatic carbocycles. The van der Waals surface area contributed by atoms with Crippen molar-refractivity contribution < 1.29 is 4.74 Å². The predicted molar refractivity (Wildman–Crippen MR) is 89.7 cm³/mol. The second-order valence-corrected chi connectivity index (χ2v) is 7.65. The van der Waals surface area contributed by atoms with Crippen molar-refractivity contribution in [3.05, 3.63) is 0 Å². The van der Waals surface area contributed by atoms with Crippen LogP contribution in [0.5, 0.6) is 0 Å². The van der Waals surface area contributed by atoms with E-state index in [1.807, 2.05) is 0 Å². The van der Waals surface area contributed by atoms with Crippen molar-refractivity contribution in [2.45, 2.75) is 65.3 Å². The van der Waals surface area contributed by atoms with E-state index in [4.69, 9.17) is 4.74 Å². The van der Waals surface area contributed by atoms with Crippen LogP contribution in [0.15, 0.2) is 0 Å². The van der Waals surface area contributed by atoms with E-state index in [0.29, 0.717) is 5.41 Å². The summed E-state index contributed by atoms with van der Waals surface area (Å²) in [5.41, 5.74) is 0.543. The molecule has 21 heavy (non-hydrogen) atoms. The Balaban J connectivity index is 1.54. The van der Waals surface area contributed by atoms with E-state index >= 15 is 0 Å².